The van der Waals surface area contributed by atoms with Crippen molar-refractivity contribution in [2.75, 3.05) is 47.4 Å². The number of aryl methyl sites for hydroxylation is 1. The fraction of sp³-hybridized carbons (Fsp3) is 0.692. The van der Waals surface area contributed by atoms with Crippen molar-refractivity contribution in [1.82, 2.24) is 14.9 Å². The van der Waals surface area contributed by atoms with Gasteiger partial charge in [0.05, 0.1) is 19.8 Å². The van der Waals surface area contributed by atoms with Crippen molar-refractivity contribution in [3.05, 3.63) is 17.6 Å². The second-order valence-corrected chi connectivity index (χ2v) is 6.71. The lowest BCUT2D eigenvalue weighted by Gasteiger charge is -2.10. The van der Waals surface area contributed by atoms with Crippen molar-refractivity contribution in [2.45, 2.75) is 18.4 Å². The van der Waals surface area contributed by atoms with Gasteiger partial charge < -0.3 is 19.4 Å². The molecule has 122 valence electrons. The molecule has 0 aliphatic rings. The molecule has 1 rings (SSSR count). The van der Waals surface area contributed by atoms with Gasteiger partial charge in [-0.3, -0.25) is 0 Å². The number of furan rings is 1. The number of sulfonamides is 1. The highest BCUT2D eigenvalue weighted by Gasteiger charge is 2.20. The lowest BCUT2D eigenvalue weighted by atomic mass is 10.4. The number of nitrogens with zero attached hydrogens (tertiary/aromatic N) is 1. The molecule has 0 aliphatic carbocycles. The summed E-state index contributed by atoms with van der Waals surface area (Å²) in [5.41, 5.74) is 0. The Bertz CT molecular complexity index is 526. The molecule has 0 unspecified atom stereocenters. The molecular formula is C13H25N3O4S. The summed E-state index contributed by atoms with van der Waals surface area (Å²) in [5.74, 6) is 0.985. The predicted octanol–water partition coefficient (Wildman–Crippen LogP) is 0.164. The Morgan fingerprint density at radius 1 is 1.33 bits per heavy atom. The first kappa shape index (κ1) is 18.1. The molecule has 0 saturated carbocycles. The largest absolute Gasteiger partial charge is 0.464 e. The summed E-state index contributed by atoms with van der Waals surface area (Å²) < 4.78 is 37.6. The van der Waals surface area contributed by atoms with Gasteiger partial charge in [-0.15, -0.1) is 0 Å². The van der Waals surface area contributed by atoms with Gasteiger partial charge in [0.15, 0.2) is 0 Å². The summed E-state index contributed by atoms with van der Waals surface area (Å²) in [5, 5.41) is 2.92. The topological polar surface area (TPSA) is 83.8 Å². The molecule has 0 spiro atoms. The van der Waals surface area contributed by atoms with E-state index in [1.54, 1.807) is 20.0 Å². The smallest absolute Gasteiger partial charge is 0.244 e. The normalized spacial score (nSPS) is 12.2. The molecule has 0 bridgehead atoms. The van der Waals surface area contributed by atoms with E-state index in [2.05, 4.69) is 10.0 Å². The fourth-order valence-corrected chi connectivity index (χ4v) is 2.94. The first-order chi connectivity index (χ1) is 9.86. The van der Waals surface area contributed by atoms with E-state index in [1.165, 1.54) is 0 Å². The van der Waals surface area contributed by atoms with Crippen LogP contribution in [0.25, 0.3) is 0 Å². The Morgan fingerprint density at radius 2 is 2.05 bits per heavy atom. The average Bonchev–Trinajstić information content (AvgIpc) is 2.75. The van der Waals surface area contributed by atoms with Crippen LogP contribution in [-0.2, 0) is 21.3 Å². The van der Waals surface area contributed by atoms with Crippen molar-refractivity contribution in [1.29, 1.82) is 0 Å². The minimum atomic E-state index is -3.55. The average molecular weight is 319 g/mol. The summed E-state index contributed by atoms with van der Waals surface area (Å²) in [6.45, 7) is 4.09. The second kappa shape index (κ2) is 8.50. The second-order valence-electron chi connectivity index (χ2n) is 4.98. The zero-order valence-electron chi connectivity index (χ0n) is 13.1. The zero-order valence-corrected chi connectivity index (χ0v) is 13.9. The van der Waals surface area contributed by atoms with Crippen LogP contribution in [-0.4, -0.2) is 60.8 Å². The van der Waals surface area contributed by atoms with Gasteiger partial charge in [0.1, 0.15) is 16.4 Å². The summed E-state index contributed by atoms with van der Waals surface area (Å²) in [6.07, 6.45) is 0. The lowest BCUT2D eigenvalue weighted by molar-refractivity contribution is 0.122. The summed E-state index contributed by atoms with van der Waals surface area (Å²) in [6, 6.07) is 1.54. The first-order valence-corrected chi connectivity index (χ1v) is 8.31. The number of nitrogens with one attached hydrogen (secondary N) is 2. The summed E-state index contributed by atoms with van der Waals surface area (Å²) in [7, 11) is 2.13. The maximum Gasteiger partial charge on any atom is 0.244 e. The Labute approximate surface area is 126 Å². The van der Waals surface area contributed by atoms with E-state index in [0.717, 1.165) is 6.54 Å². The van der Waals surface area contributed by atoms with E-state index in [9.17, 15) is 8.42 Å². The van der Waals surface area contributed by atoms with E-state index in [1.807, 2.05) is 19.0 Å². The van der Waals surface area contributed by atoms with Gasteiger partial charge in [0, 0.05) is 19.2 Å². The number of rotatable bonds is 10. The van der Waals surface area contributed by atoms with Crippen molar-refractivity contribution in [3.8, 4) is 0 Å². The monoisotopic (exact) mass is 319 g/mol. The highest BCUT2D eigenvalue weighted by atomic mass is 32.2. The standard InChI is InChI=1S/C13H25N3O4S/c1-11-13(9-12(20-11)10-14-2)21(17,18)15-5-7-19-8-6-16(3)4/h9,14-15H,5-8,10H2,1-4H3. The highest BCUT2D eigenvalue weighted by molar-refractivity contribution is 7.89. The molecule has 1 aromatic heterocycles. The maximum absolute atomic E-state index is 12.2. The van der Waals surface area contributed by atoms with Gasteiger partial charge in [0.25, 0.3) is 0 Å². The van der Waals surface area contributed by atoms with E-state index in [4.69, 9.17) is 9.15 Å². The van der Waals surface area contributed by atoms with Crippen molar-refractivity contribution >= 4 is 10.0 Å². The minimum absolute atomic E-state index is 0.182. The Kier molecular flexibility index (Phi) is 7.33. The third-order valence-electron chi connectivity index (χ3n) is 2.79. The van der Waals surface area contributed by atoms with Crippen LogP contribution in [0.3, 0.4) is 0 Å². The molecule has 0 atom stereocenters. The molecule has 2 N–H and O–H groups in total. The van der Waals surface area contributed by atoms with Gasteiger partial charge >= 0.3 is 0 Å². The molecule has 1 heterocycles. The molecule has 0 radical (unpaired) electrons. The number of hydrogen-bond donors (Lipinski definition) is 2. The Hall–Kier alpha value is -0.930. The highest BCUT2D eigenvalue weighted by Crippen LogP contribution is 2.19. The maximum atomic E-state index is 12.2. The first-order valence-electron chi connectivity index (χ1n) is 6.83. The fourth-order valence-electron chi connectivity index (χ4n) is 1.73. The van der Waals surface area contributed by atoms with Gasteiger partial charge in [-0.05, 0) is 28.1 Å². The molecule has 0 aromatic carbocycles. The van der Waals surface area contributed by atoms with Gasteiger partial charge in [0.2, 0.25) is 10.0 Å². The van der Waals surface area contributed by atoms with Crippen molar-refractivity contribution < 1.29 is 17.6 Å². The van der Waals surface area contributed by atoms with E-state index >= 15 is 0 Å². The summed E-state index contributed by atoms with van der Waals surface area (Å²) >= 11 is 0. The van der Waals surface area contributed by atoms with Crippen LogP contribution in [0.15, 0.2) is 15.4 Å². The van der Waals surface area contributed by atoms with Crippen LogP contribution in [0, 0.1) is 6.92 Å². The van der Waals surface area contributed by atoms with E-state index in [-0.39, 0.29) is 11.4 Å². The quantitative estimate of drug-likeness (QED) is 0.598. The van der Waals surface area contributed by atoms with E-state index in [0.29, 0.717) is 31.3 Å². The van der Waals surface area contributed by atoms with Crippen molar-refractivity contribution in [2.24, 2.45) is 0 Å². The minimum Gasteiger partial charge on any atom is -0.464 e. The Balaban J connectivity index is 2.46. The lowest BCUT2D eigenvalue weighted by Crippen LogP contribution is -2.28. The van der Waals surface area contributed by atoms with Crippen LogP contribution in [0.4, 0.5) is 0 Å². The van der Waals surface area contributed by atoms with Gasteiger partial charge in [-0.2, -0.15) is 0 Å². The number of hydrogen-bond acceptors (Lipinski definition) is 6. The van der Waals surface area contributed by atoms with E-state index < -0.39 is 10.0 Å². The van der Waals surface area contributed by atoms with Crippen LogP contribution in [0.1, 0.15) is 11.5 Å². The molecular weight excluding hydrogens is 294 g/mol. The molecule has 21 heavy (non-hydrogen) atoms. The zero-order chi connectivity index (χ0) is 15.9. The van der Waals surface area contributed by atoms with Crippen LogP contribution >= 0.6 is 0 Å². The molecule has 0 saturated heterocycles. The predicted molar refractivity (Wildman–Crippen MR) is 80.8 cm³/mol. The molecule has 0 aliphatic heterocycles. The molecule has 8 heteroatoms. The molecule has 1 aromatic rings. The van der Waals surface area contributed by atoms with Crippen LogP contribution < -0.4 is 10.0 Å². The third-order valence-corrected chi connectivity index (χ3v) is 4.35. The number of ether oxygens (including phenoxy) is 1. The summed E-state index contributed by atoms with van der Waals surface area (Å²) in [4.78, 5) is 2.18. The van der Waals surface area contributed by atoms with Crippen LogP contribution in [0.2, 0.25) is 0 Å². The Morgan fingerprint density at radius 3 is 2.67 bits per heavy atom. The van der Waals surface area contributed by atoms with Gasteiger partial charge in [-0.25, -0.2) is 13.1 Å². The number of likely N-dealkylation sites (N-methyl/N-ethyl adjacent to an activating group) is 1. The van der Waals surface area contributed by atoms with Gasteiger partial charge in [-0.1, -0.05) is 0 Å². The van der Waals surface area contributed by atoms with Crippen molar-refractivity contribution in [3.63, 3.8) is 0 Å². The molecule has 0 amide bonds. The SMILES string of the molecule is CNCc1cc(S(=O)(=O)NCCOCCN(C)C)c(C)o1. The third kappa shape index (κ3) is 6.15. The van der Waals surface area contributed by atoms with Crippen LogP contribution in [0.5, 0.6) is 0 Å². The molecule has 0 fully saturated rings. The molecule has 7 nitrogen and oxygen atoms in total.